The lowest BCUT2D eigenvalue weighted by atomic mass is 10.1. The van der Waals surface area contributed by atoms with Crippen LogP contribution in [-0.2, 0) is 12.8 Å². The van der Waals surface area contributed by atoms with E-state index in [4.69, 9.17) is 0 Å². The maximum absolute atomic E-state index is 11.7. The van der Waals surface area contributed by atoms with Crippen LogP contribution in [0.1, 0.15) is 28.8 Å². The summed E-state index contributed by atoms with van der Waals surface area (Å²) in [5.74, 6) is 0.799. The lowest BCUT2D eigenvalue weighted by molar-refractivity contribution is 0.0946. The quantitative estimate of drug-likeness (QED) is 0.834. The fraction of sp³-hybridized carbons (Fsp3) is 0.308. The Bertz CT molecular complexity index is 603. The van der Waals surface area contributed by atoms with E-state index < -0.39 is 0 Å². The summed E-state index contributed by atoms with van der Waals surface area (Å²) in [6, 6.07) is 3.72. The monoisotopic (exact) mass is 242 g/mol. The van der Waals surface area contributed by atoms with Crippen molar-refractivity contribution in [1.82, 2.24) is 20.3 Å². The highest BCUT2D eigenvalue weighted by molar-refractivity contribution is 5.97. The van der Waals surface area contributed by atoms with E-state index in [-0.39, 0.29) is 5.91 Å². The Labute approximate surface area is 105 Å². The average Bonchev–Trinajstić information content (AvgIpc) is 2.84. The first-order valence-corrected chi connectivity index (χ1v) is 6.10. The molecule has 0 saturated carbocycles. The molecule has 18 heavy (non-hydrogen) atoms. The third kappa shape index (κ3) is 1.77. The minimum absolute atomic E-state index is 0.0106. The SMILES string of the molecule is CCc1nccc(-c2cc3c([nH]2)CCNC3=O)n1. The van der Waals surface area contributed by atoms with Crippen LogP contribution >= 0.6 is 0 Å². The molecule has 5 nitrogen and oxygen atoms in total. The molecule has 2 aromatic rings. The van der Waals surface area contributed by atoms with Crippen molar-refractivity contribution in [1.29, 1.82) is 0 Å². The molecule has 0 radical (unpaired) electrons. The largest absolute Gasteiger partial charge is 0.356 e. The molecule has 3 rings (SSSR count). The summed E-state index contributed by atoms with van der Waals surface area (Å²) in [5, 5.41) is 2.83. The van der Waals surface area contributed by atoms with E-state index in [1.807, 2.05) is 19.1 Å². The van der Waals surface area contributed by atoms with Crippen LogP contribution in [0.25, 0.3) is 11.4 Å². The summed E-state index contributed by atoms with van der Waals surface area (Å²) in [7, 11) is 0. The normalized spacial score (nSPS) is 14.2. The van der Waals surface area contributed by atoms with Crippen LogP contribution in [0.4, 0.5) is 0 Å². The Morgan fingerprint density at radius 3 is 3.11 bits per heavy atom. The fourth-order valence-corrected chi connectivity index (χ4v) is 2.15. The van der Waals surface area contributed by atoms with E-state index in [0.29, 0.717) is 6.54 Å². The zero-order chi connectivity index (χ0) is 12.5. The Hall–Kier alpha value is -2.17. The maximum Gasteiger partial charge on any atom is 0.253 e. The van der Waals surface area contributed by atoms with Gasteiger partial charge in [0.15, 0.2) is 0 Å². The number of aryl methyl sites for hydroxylation is 1. The van der Waals surface area contributed by atoms with Gasteiger partial charge in [0.25, 0.3) is 5.91 Å². The Kier molecular flexibility index (Phi) is 2.59. The first-order valence-electron chi connectivity index (χ1n) is 6.10. The second kappa shape index (κ2) is 4.25. The van der Waals surface area contributed by atoms with Crippen molar-refractivity contribution < 1.29 is 4.79 Å². The van der Waals surface area contributed by atoms with Crippen molar-refractivity contribution in [2.45, 2.75) is 19.8 Å². The van der Waals surface area contributed by atoms with E-state index >= 15 is 0 Å². The van der Waals surface area contributed by atoms with Gasteiger partial charge in [-0.25, -0.2) is 9.97 Å². The van der Waals surface area contributed by atoms with Gasteiger partial charge in [0.05, 0.1) is 17.0 Å². The highest BCUT2D eigenvalue weighted by Crippen LogP contribution is 2.22. The summed E-state index contributed by atoms with van der Waals surface area (Å²) >= 11 is 0. The fourth-order valence-electron chi connectivity index (χ4n) is 2.15. The maximum atomic E-state index is 11.7. The topological polar surface area (TPSA) is 70.7 Å². The Balaban J connectivity index is 2.04. The highest BCUT2D eigenvalue weighted by atomic mass is 16.1. The number of carbonyl (C=O) groups excluding carboxylic acids is 1. The zero-order valence-electron chi connectivity index (χ0n) is 10.2. The minimum atomic E-state index is -0.0106. The van der Waals surface area contributed by atoms with E-state index in [0.717, 1.165) is 41.3 Å². The molecule has 0 saturated heterocycles. The second-order valence-electron chi connectivity index (χ2n) is 4.29. The number of amides is 1. The van der Waals surface area contributed by atoms with Crippen LogP contribution in [-0.4, -0.2) is 27.4 Å². The number of hydrogen-bond acceptors (Lipinski definition) is 3. The van der Waals surface area contributed by atoms with Gasteiger partial charge in [0, 0.05) is 31.3 Å². The summed E-state index contributed by atoms with van der Waals surface area (Å²) in [5.41, 5.74) is 3.44. The number of H-pyrrole nitrogens is 1. The molecule has 3 heterocycles. The van der Waals surface area contributed by atoms with Gasteiger partial charge < -0.3 is 10.3 Å². The van der Waals surface area contributed by atoms with Gasteiger partial charge in [-0.15, -0.1) is 0 Å². The van der Waals surface area contributed by atoms with E-state index in [1.165, 1.54) is 0 Å². The number of aromatic amines is 1. The molecular formula is C13H14N4O. The van der Waals surface area contributed by atoms with Gasteiger partial charge in [-0.1, -0.05) is 6.92 Å². The molecule has 0 unspecified atom stereocenters. The molecule has 0 aromatic carbocycles. The Morgan fingerprint density at radius 1 is 1.44 bits per heavy atom. The summed E-state index contributed by atoms with van der Waals surface area (Å²) in [4.78, 5) is 23.6. The first kappa shape index (κ1) is 11.0. The number of fused-ring (bicyclic) bond motifs is 1. The van der Waals surface area contributed by atoms with Crippen molar-refractivity contribution in [3.63, 3.8) is 0 Å². The standard InChI is InChI=1S/C13H14N4O/c1-2-12-14-5-4-10(17-12)11-7-8-9(16-11)3-6-15-13(8)18/h4-5,7,16H,2-3,6H2,1H3,(H,15,18). The molecule has 0 aliphatic carbocycles. The van der Waals surface area contributed by atoms with Crippen molar-refractivity contribution in [3.05, 3.63) is 35.4 Å². The lowest BCUT2D eigenvalue weighted by Gasteiger charge is -2.10. The third-order valence-electron chi connectivity index (χ3n) is 3.10. The summed E-state index contributed by atoms with van der Waals surface area (Å²) < 4.78 is 0. The van der Waals surface area contributed by atoms with E-state index in [2.05, 4.69) is 20.3 Å². The van der Waals surface area contributed by atoms with Gasteiger partial charge in [-0.05, 0) is 12.1 Å². The molecule has 2 N–H and O–H groups in total. The molecule has 5 heteroatoms. The molecule has 1 aliphatic rings. The molecule has 0 fully saturated rings. The van der Waals surface area contributed by atoms with Crippen LogP contribution in [0, 0.1) is 0 Å². The number of carbonyl (C=O) groups is 1. The molecule has 92 valence electrons. The molecule has 2 aromatic heterocycles. The number of hydrogen-bond donors (Lipinski definition) is 2. The number of rotatable bonds is 2. The molecular weight excluding hydrogens is 228 g/mol. The number of nitrogens with zero attached hydrogens (tertiary/aromatic N) is 2. The second-order valence-corrected chi connectivity index (χ2v) is 4.29. The summed E-state index contributed by atoms with van der Waals surface area (Å²) in [6.45, 7) is 2.71. The zero-order valence-corrected chi connectivity index (χ0v) is 10.2. The predicted molar refractivity (Wildman–Crippen MR) is 67.2 cm³/mol. The molecule has 0 spiro atoms. The third-order valence-corrected chi connectivity index (χ3v) is 3.10. The molecule has 0 atom stereocenters. The van der Waals surface area contributed by atoms with Gasteiger partial charge >= 0.3 is 0 Å². The van der Waals surface area contributed by atoms with Crippen molar-refractivity contribution in [2.75, 3.05) is 6.54 Å². The summed E-state index contributed by atoms with van der Waals surface area (Å²) in [6.07, 6.45) is 3.39. The molecule has 1 aliphatic heterocycles. The van der Waals surface area contributed by atoms with Crippen LogP contribution < -0.4 is 5.32 Å². The van der Waals surface area contributed by atoms with E-state index in [9.17, 15) is 4.79 Å². The Morgan fingerprint density at radius 2 is 2.33 bits per heavy atom. The van der Waals surface area contributed by atoms with Crippen molar-refractivity contribution in [2.24, 2.45) is 0 Å². The van der Waals surface area contributed by atoms with Crippen molar-refractivity contribution >= 4 is 5.91 Å². The van der Waals surface area contributed by atoms with Gasteiger partial charge in [0.1, 0.15) is 5.82 Å². The van der Waals surface area contributed by atoms with Crippen LogP contribution in [0.15, 0.2) is 18.3 Å². The highest BCUT2D eigenvalue weighted by Gasteiger charge is 2.20. The van der Waals surface area contributed by atoms with Crippen LogP contribution in [0.3, 0.4) is 0 Å². The number of nitrogens with one attached hydrogen (secondary N) is 2. The van der Waals surface area contributed by atoms with Gasteiger partial charge in [-0.2, -0.15) is 0 Å². The minimum Gasteiger partial charge on any atom is -0.356 e. The smallest absolute Gasteiger partial charge is 0.253 e. The van der Waals surface area contributed by atoms with Crippen molar-refractivity contribution in [3.8, 4) is 11.4 Å². The van der Waals surface area contributed by atoms with E-state index in [1.54, 1.807) is 6.20 Å². The predicted octanol–water partition coefficient (Wildman–Crippen LogP) is 1.32. The lowest BCUT2D eigenvalue weighted by Crippen LogP contribution is -2.31. The van der Waals surface area contributed by atoms with Gasteiger partial charge in [-0.3, -0.25) is 4.79 Å². The van der Waals surface area contributed by atoms with Gasteiger partial charge in [0.2, 0.25) is 0 Å². The first-order chi connectivity index (χ1) is 8.78. The molecule has 0 bridgehead atoms. The number of aromatic nitrogens is 3. The molecule has 1 amide bonds. The van der Waals surface area contributed by atoms with Crippen LogP contribution in [0.2, 0.25) is 0 Å². The average molecular weight is 242 g/mol. The van der Waals surface area contributed by atoms with Crippen LogP contribution in [0.5, 0.6) is 0 Å².